The van der Waals surface area contributed by atoms with Crippen LogP contribution in [0.1, 0.15) is 24.3 Å². The average Bonchev–Trinajstić information content (AvgIpc) is 2.80. The minimum Gasteiger partial charge on any atom is -0.395 e. The number of halogens is 1. The van der Waals surface area contributed by atoms with Crippen molar-refractivity contribution in [3.8, 4) is 0 Å². The van der Waals surface area contributed by atoms with Gasteiger partial charge in [-0.05, 0) is 37.1 Å². The Bertz CT molecular complexity index is 975. The van der Waals surface area contributed by atoms with E-state index < -0.39 is 22.2 Å². The molecule has 1 N–H and O–H groups in total. The van der Waals surface area contributed by atoms with Crippen molar-refractivity contribution in [2.75, 3.05) is 33.9 Å². The number of carbonyl (C=O) groups is 1. The lowest BCUT2D eigenvalue weighted by atomic mass is 10.0. The van der Waals surface area contributed by atoms with Crippen LogP contribution in [-0.4, -0.2) is 84.6 Å². The number of carbonyl (C=O) groups excluding carboxylic acids is 1. The van der Waals surface area contributed by atoms with E-state index in [2.05, 4.69) is 9.97 Å². The summed E-state index contributed by atoms with van der Waals surface area (Å²) in [7, 11) is -0.765. The van der Waals surface area contributed by atoms with E-state index in [9.17, 15) is 18.3 Å². The average molecular weight is 485 g/mol. The lowest BCUT2D eigenvalue weighted by Gasteiger charge is -2.33. The molecule has 2 rings (SSSR count). The third kappa shape index (κ3) is 6.46. The summed E-state index contributed by atoms with van der Waals surface area (Å²) < 4.78 is 33.3. The summed E-state index contributed by atoms with van der Waals surface area (Å²) in [5.74, 6) is -0.616. The fourth-order valence-electron chi connectivity index (χ4n) is 3.19. The van der Waals surface area contributed by atoms with Crippen molar-refractivity contribution in [1.29, 1.82) is 0 Å². The quantitative estimate of drug-likeness (QED) is 0.518. The first-order chi connectivity index (χ1) is 15.1. The highest BCUT2D eigenvalue weighted by molar-refractivity contribution is 7.89. The van der Waals surface area contributed by atoms with Gasteiger partial charge in [-0.3, -0.25) is 9.78 Å². The molecule has 1 heterocycles. The zero-order valence-corrected chi connectivity index (χ0v) is 20.1. The van der Waals surface area contributed by atoms with Crippen LogP contribution in [0, 0.1) is 5.92 Å². The number of aliphatic hydroxyl groups is 1. The van der Waals surface area contributed by atoms with Crippen LogP contribution in [0.5, 0.6) is 0 Å². The smallest absolute Gasteiger partial charge is 0.273 e. The van der Waals surface area contributed by atoms with Crippen LogP contribution in [0.4, 0.5) is 0 Å². The number of amides is 1. The van der Waals surface area contributed by atoms with Crippen molar-refractivity contribution < 1.29 is 23.1 Å². The first-order valence-corrected chi connectivity index (χ1v) is 11.9. The van der Waals surface area contributed by atoms with Gasteiger partial charge in [0.25, 0.3) is 5.91 Å². The molecule has 1 amide bonds. The SMILES string of the molecule is CO[C@H](CN(C)C(=O)c1cnccn1)[C@H](C)CN([C@H](C)CO)S(=O)(=O)c1ccc(Cl)cc1. The molecule has 32 heavy (non-hydrogen) atoms. The third-order valence-electron chi connectivity index (χ3n) is 5.16. The Morgan fingerprint density at radius 2 is 1.84 bits per heavy atom. The number of hydrogen-bond acceptors (Lipinski definition) is 7. The fourth-order valence-corrected chi connectivity index (χ4v) is 5.04. The van der Waals surface area contributed by atoms with Crippen molar-refractivity contribution in [2.45, 2.75) is 30.9 Å². The van der Waals surface area contributed by atoms with Gasteiger partial charge in [0.05, 0.1) is 23.8 Å². The molecular weight excluding hydrogens is 456 g/mol. The number of benzene rings is 1. The Kier molecular flexibility index (Phi) is 9.53. The van der Waals surface area contributed by atoms with Gasteiger partial charge in [0.1, 0.15) is 5.69 Å². The first kappa shape index (κ1) is 26.1. The molecule has 0 radical (unpaired) electrons. The Hall–Kier alpha value is -2.11. The Morgan fingerprint density at radius 3 is 2.38 bits per heavy atom. The Balaban J connectivity index is 2.19. The number of aromatic nitrogens is 2. The normalized spacial score (nSPS) is 14.7. The number of ether oxygens (including phenoxy) is 1. The van der Waals surface area contributed by atoms with Gasteiger partial charge in [0.15, 0.2) is 0 Å². The van der Waals surface area contributed by atoms with E-state index in [1.165, 1.54) is 59.2 Å². The molecule has 9 nitrogen and oxygen atoms in total. The van der Waals surface area contributed by atoms with Gasteiger partial charge in [0.2, 0.25) is 10.0 Å². The summed E-state index contributed by atoms with van der Waals surface area (Å²) in [6, 6.07) is 5.21. The maximum absolute atomic E-state index is 13.3. The van der Waals surface area contributed by atoms with Crippen molar-refractivity contribution >= 4 is 27.5 Å². The molecular formula is C21H29ClN4O5S. The molecule has 2 aromatic rings. The van der Waals surface area contributed by atoms with Gasteiger partial charge in [-0.25, -0.2) is 13.4 Å². The number of likely N-dealkylation sites (N-methyl/N-ethyl adjacent to an activating group) is 1. The summed E-state index contributed by atoms with van der Waals surface area (Å²) >= 11 is 5.89. The van der Waals surface area contributed by atoms with Crippen molar-refractivity contribution in [2.24, 2.45) is 5.92 Å². The van der Waals surface area contributed by atoms with Gasteiger partial charge in [-0.15, -0.1) is 0 Å². The largest absolute Gasteiger partial charge is 0.395 e. The molecule has 1 aromatic heterocycles. The van der Waals surface area contributed by atoms with Gasteiger partial charge >= 0.3 is 0 Å². The molecule has 3 atom stereocenters. The molecule has 0 bridgehead atoms. The van der Waals surface area contributed by atoms with Crippen LogP contribution < -0.4 is 0 Å². The first-order valence-electron chi connectivity index (χ1n) is 10.0. The Morgan fingerprint density at radius 1 is 1.19 bits per heavy atom. The monoisotopic (exact) mass is 484 g/mol. The van der Waals surface area contributed by atoms with Crippen LogP contribution >= 0.6 is 11.6 Å². The molecule has 0 spiro atoms. The number of rotatable bonds is 11. The molecule has 0 fully saturated rings. The third-order valence-corrected chi connectivity index (χ3v) is 7.41. The highest BCUT2D eigenvalue weighted by atomic mass is 35.5. The molecule has 0 aliphatic heterocycles. The van der Waals surface area contributed by atoms with E-state index in [1.807, 2.05) is 6.92 Å². The minimum absolute atomic E-state index is 0.0817. The summed E-state index contributed by atoms with van der Waals surface area (Å²) in [6.07, 6.45) is 3.84. The van der Waals surface area contributed by atoms with Crippen LogP contribution in [0.2, 0.25) is 5.02 Å². The molecule has 11 heteroatoms. The fraction of sp³-hybridized carbons (Fsp3) is 0.476. The van der Waals surface area contributed by atoms with Gasteiger partial charge in [-0.2, -0.15) is 4.31 Å². The van der Waals surface area contributed by atoms with Gasteiger partial charge in [-0.1, -0.05) is 18.5 Å². The minimum atomic E-state index is -3.89. The van der Waals surface area contributed by atoms with Crippen LogP contribution in [0.15, 0.2) is 47.8 Å². The predicted molar refractivity (Wildman–Crippen MR) is 121 cm³/mol. The number of sulfonamides is 1. The second-order valence-electron chi connectivity index (χ2n) is 7.59. The highest BCUT2D eigenvalue weighted by Gasteiger charge is 2.33. The zero-order valence-electron chi connectivity index (χ0n) is 18.6. The maximum atomic E-state index is 13.3. The number of nitrogens with zero attached hydrogens (tertiary/aromatic N) is 4. The summed E-state index contributed by atoms with van der Waals surface area (Å²) in [5.41, 5.74) is 0.207. The summed E-state index contributed by atoms with van der Waals surface area (Å²) in [4.78, 5) is 22.0. The van der Waals surface area contributed by atoms with Crippen LogP contribution in [-0.2, 0) is 14.8 Å². The second kappa shape index (κ2) is 11.7. The number of hydrogen-bond donors (Lipinski definition) is 1. The van der Waals surface area contributed by atoms with E-state index in [-0.39, 0.29) is 42.1 Å². The Labute approximate surface area is 194 Å². The molecule has 1 aromatic carbocycles. The maximum Gasteiger partial charge on any atom is 0.273 e. The lowest BCUT2D eigenvalue weighted by molar-refractivity contribution is 0.0219. The summed E-state index contributed by atoms with van der Waals surface area (Å²) in [5, 5.41) is 10.1. The van der Waals surface area contributed by atoms with Crippen LogP contribution in [0.3, 0.4) is 0 Å². The molecule has 0 aliphatic rings. The standard InChI is InChI=1S/C21H29ClN4O5S/c1-15(20(31-4)13-25(3)21(28)19-11-23-9-10-24-19)12-26(16(2)14-27)32(29,30)18-7-5-17(22)6-8-18/h5-11,15-16,20,27H,12-14H2,1-4H3/t15-,16-,20-/m1/s1. The second-order valence-corrected chi connectivity index (χ2v) is 9.91. The van der Waals surface area contributed by atoms with Crippen LogP contribution in [0.25, 0.3) is 0 Å². The summed E-state index contributed by atoms with van der Waals surface area (Å²) in [6.45, 7) is 3.42. The topological polar surface area (TPSA) is 113 Å². The molecule has 0 saturated carbocycles. The molecule has 0 aliphatic carbocycles. The number of methoxy groups -OCH3 is 1. The van der Waals surface area contributed by atoms with Gasteiger partial charge < -0.3 is 14.7 Å². The van der Waals surface area contributed by atoms with E-state index in [1.54, 1.807) is 14.0 Å². The van der Waals surface area contributed by atoms with Gasteiger partial charge in [0, 0.05) is 50.7 Å². The predicted octanol–water partition coefficient (Wildman–Crippen LogP) is 1.92. The van der Waals surface area contributed by atoms with E-state index in [0.717, 1.165) is 0 Å². The molecule has 0 saturated heterocycles. The van der Waals surface area contributed by atoms with Crippen molar-refractivity contribution in [3.63, 3.8) is 0 Å². The van der Waals surface area contributed by atoms with E-state index >= 15 is 0 Å². The lowest BCUT2D eigenvalue weighted by Crippen LogP contribution is -2.47. The zero-order chi connectivity index (χ0) is 23.9. The van der Waals surface area contributed by atoms with E-state index in [4.69, 9.17) is 16.3 Å². The van der Waals surface area contributed by atoms with Crippen molar-refractivity contribution in [1.82, 2.24) is 19.2 Å². The number of aliphatic hydroxyl groups excluding tert-OH is 1. The molecule has 0 unspecified atom stereocenters. The van der Waals surface area contributed by atoms with E-state index in [0.29, 0.717) is 5.02 Å². The molecule has 176 valence electrons. The van der Waals surface area contributed by atoms with Crippen molar-refractivity contribution in [3.05, 3.63) is 53.6 Å². The highest BCUT2D eigenvalue weighted by Crippen LogP contribution is 2.23.